The first-order valence-corrected chi connectivity index (χ1v) is 8.31. The molecule has 0 fully saturated rings. The fraction of sp³-hybridized carbons (Fsp3) is 0.167. The number of aromatic nitrogens is 2. The van der Waals surface area contributed by atoms with Crippen molar-refractivity contribution in [3.05, 3.63) is 42.2 Å². The molecule has 0 unspecified atom stereocenters. The summed E-state index contributed by atoms with van der Waals surface area (Å²) in [6, 6.07) is 5.20. The maximum atomic E-state index is 12.1. The summed E-state index contributed by atoms with van der Waals surface area (Å²) in [6.07, 6.45) is 3.27. The zero-order valence-electron chi connectivity index (χ0n) is 10.3. The summed E-state index contributed by atoms with van der Waals surface area (Å²) in [5.74, 6) is -0.747. The fourth-order valence-corrected chi connectivity index (χ4v) is 3.98. The van der Waals surface area contributed by atoms with Crippen LogP contribution in [-0.4, -0.2) is 41.0 Å². The molecule has 0 spiro atoms. The summed E-state index contributed by atoms with van der Waals surface area (Å²) >= 11 is 1.32. The van der Waals surface area contributed by atoms with E-state index >= 15 is 0 Å². The second kappa shape index (κ2) is 6.10. The van der Waals surface area contributed by atoms with Crippen molar-refractivity contribution < 1.29 is 18.3 Å². The second-order valence-electron chi connectivity index (χ2n) is 3.89. The fourth-order valence-electron chi connectivity index (χ4n) is 1.50. The molecule has 6 nitrogen and oxygen atoms in total. The number of nitrogens with one attached hydrogen (secondary N) is 1. The Balaban J connectivity index is 2.00. The first kappa shape index (κ1) is 14.6. The average molecular weight is 312 g/mol. The highest BCUT2D eigenvalue weighted by Gasteiger charge is 2.15. The summed E-state index contributed by atoms with van der Waals surface area (Å²) in [7, 11) is -3.41. The number of carboxylic acids is 1. The lowest BCUT2D eigenvalue weighted by atomic mass is 10.2. The smallest absolute Gasteiger partial charge is 0.335 e. The van der Waals surface area contributed by atoms with Crippen LogP contribution in [0.4, 0.5) is 0 Å². The minimum absolute atomic E-state index is 0.0369. The lowest BCUT2D eigenvalue weighted by Crippen LogP contribution is -2.09. The number of aromatic amines is 1. The van der Waals surface area contributed by atoms with Crippen LogP contribution in [0.15, 0.2) is 46.7 Å². The molecule has 0 radical (unpaired) electrons. The highest BCUT2D eigenvalue weighted by molar-refractivity contribution is 8.00. The summed E-state index contributed by atoms with van der Waals surface area (Å²) in [5.41, 5.74) is 0.0638. The van der Waals surface area contributed by atoms with E-state index < -0.39 is 15.8 Å². The van der Waals surface area contributed by atoms with Gasteiger partial charge in [0.1, 0.15) is 0 Å². The minimum Gasteiger partial charge on any atom is -0.478 e. The Morgan fingerprint density at radius 1 is 1.30 bits per heavy atom. The Hall–Kier alpha value is -1.80. The molecule has 0 amide bonds. The predicted molar refractivity (Wildman–Crippen MR) is 74.8 cm³/mol. The van der Waals surface area contributed by atoms with Crippen LogP contribution in [0, 0.1) is 0 Å². The van der Waals surface area contributed by atoms with E-state index in [-0.39, 0.29) is 16.2 Å². The van der Waals surface area contributed by atoms with Gasteiger partial charge in [0.2, 0.25) is 0 Å². The summed E-state index contributed by atoms with van der Waals surface area (Å²) in [4.78, 5) is 17.7. The summed E-state index contributed by atoms with van der Waals surface area (Å²) in [5, 5.41) is 9.43. The number of carboxylic acid groups (broad SMARTS) is 1. The molecule has 0 saturated carbocycles. The van der Waals surface area contributed by atoms with Crippen molar-refractivity contribution in [3.8, 4) is 0 Å². The predicted octanol–water partition coefficient (Wildman–Crippen LogP) is 1.67. The van der Waals surface area contributed by atoms with Crippen LogP contribution < -0.4 is 0 Å². The number of aromatic carboxylic acids is 1. The molecule has 0 aliphatic rings. The van der Waals surface area contributed by atoms with Gasteiger partial charge in [-0.05, 0) is 24.3 Å². The van der Waals surface area contributed by atoms with E-state index in [2.05, 4.69) is 9.97 Å². The van der Waals surface area contributed by atoms with Gasteiger partial charge >= 0.3 is 5.97 Å². The van der Waals surface area contributed by atoms with Crippen molar-refractivity contribution in [1.82, 2.24) is 9.97 Å². The van der Waals surface area contributed by atoms with Gasteiger partial charge in [0.05, 0.1) is 16.2 Å². The van der Waals surface area contributed by atoms with Gasteiger partial charge in [-0.1, -0.05) is 11.8 Å². The van der Waals surface area contributed by atoms with E-state index in [1.54, 1.807) is 12.4 Å². The number of hydrogen-bond donors (Lipinski definition) is 2. The number of nitrogens with zero attached hydrogens (tertiary/aromatic N) is 1. The van der Waals surface area contributed by atoms with E-state index in [0.29, 0.717) is 10.9 Å². The van der Waals surface area contributed by atoms with Gasteiger partial charge in [-0.3, -0.25) is 0 Å². The Labute approximate surface area is 120 Å². The molecule has 0 saturated heterocycles. The molecule has 0 bridgehead atoms. The monoisotopic (exact) mass is 312 g/mol. The van der Waals surface area contributed by atoms with Gasteiger partial charge < -0.3 is 10.1 Å². The average Bonchev–Trinajstić information content (AvgIpc) is 2.92. The molecule has 106 valence electrons. The van der Waals surface area contributed by atoms with Gasteiger partial charge in [0, 0.05) is 18.1 Å². The van der Waals surface area contributed by atoms with E-state index in [9.17, 15) is 13.2 Å². The molecule has 2 rings (SSSR count). The Bertz CT molecular complexity index is 679. The number of H-pyrrole nitrogens is 1. The number of sulfone groups is 1. The van der Waals surface area contributed by atoms with E-state index in [1.165, 1.54) is 36.0 Å². The standard InChI is InChI=1S/C12H12N2O4S2/c15-11(16)9-1-3-10(4-2-9)20(17,18)8-7-19-12-13-5-6-14-12/h1-6H,7-8H2,(H,13,14)(H,15,16). The molecular weight excluding hydrogens is 300 g/mol. The Morgan fingerprint density at radius 3 is 2.55 bits per heavy atom. The van der Waals surface area contributed by atoms with Gasteiger partial charge in [0.25, 0.3) is 0 Å². The third kappa shape index (κ3) is 3.61. The summed E-state index contributed by atoms with van der Waals surface area (Å²) < 4.78 is 24.1. The van der Waals surface area contributed by atoms with Crippen LogP contribution in [0.5, 0.6) is 0 Å². The lowest BCUT2D eigenvalue weighted by molar-refractivity contribution is 0.0697. The van der Waals surface area contributed by atoms with Crippen molar-refractivity contribution in [2.45, 2.75) is 10.1 Å². The van der Waals surface area contributed by atoms with Crippen molar-refractivity contribution in [3.63, 3.8) is 0 Å². The zero-order valence-corrected chi connectivity index (χ0v) is 11.9. The molecule has 2 N–H and O–H groups in total. The third-order valence-electron chi connectivity index (χ3n) is 2.52. The molecule has 0 aliphatic carbocycles. The number of carbonyl (C=O) groups is 1. The Kier molecular flexibility index (Phi) is 4.46. The van der Waals surface area contributed by atoms with Gasteiger partial charge in [0.15, 0.2) is 15.0 Å². The van der Waals surface area contributed by atoms with Gasteiger partial charge in [-0.15, -0.1) is 0 Å². The number of benzene rings is 1. The zero-order chi connectivity index (χ0) is 14.6. The third-order valence-corrected chi connectivity index (χ3v) is 5.42. The molecule has 2 aromatic rings. The number of hydrogen-bond acceptors (Lipinski definition) is 5. The van der Waals surface area contributed by atoms with Crippen LogP contribution in [0.3, 0.4) is 0 Å². The maximum Gasteiger partial charge on any atom is 0.335 e. The quantitative estimate of drug-likeness (QED) is 0.787. The first-order chi connectivity index (χ1) is 9.49. The van der Waals surface area contributed by atoms with Crippen LogP contribution in [0.1, 0.15) is 10.4 Å². The van der Waals surface area contributed by atoms with Crippen LogP contribution in [0.25, 0.3) is 0 Å². The van der Waals surface area contributed by atoms with E-state index in [0.717, 1.165) is 0 Å². The molecular formula is C12H12N2O4S2. The van der Waals surface area contributed by atoms with Crippen molar-refractivity contribution in [2.24, 2.45) is 0 Å². The van der Waals surface area contributed by atoms with E-state index in [4.69, 9.17) is 5.11 Å². The molecule has 20 heavy (non-hydrogen) atoms. The van der Waals surface area contributed by atoms with Crippen LogP contribution >= 0.6 is 11.8 Å². The van der Waals surface area contributed by atoms with E-state index in [1.807, 2.05) is 0 Å². The summed E-state index contributed by atoms with van der Waals surface area (Å²) in [6.45, 7) is 0. The highest BCUT2D eigenvalue weighted by atomic mass is 32.2. The molecule has 1 heterocycles. The topological polar surface area (TPSA) is 100 Å². The SMILES string of the molecule is O=C(O)c1ccc(S(=O)(=O)CCSc2ncc[nH]2)cc1. The van der Waals surface area contributed by atoms with Crippen molar-refractivity contribution >= 4 is 27.6 Å². The van der Waals surface area contributed by atoms with Crippen LogP contribution in [0.2, 0.25) is 0 Å². The van der Waals surface area contributed by atoms with Gasteiger partial charge in [-0.25, -0.2) is 18.2 Å². The lowest BCUT2D eigenvalue weighted by Gasteiger charge is -2.04. The molecule has 0 aliphatic heterocycles. The van der Waals surface area contributed by atoms with Crippen molar-refractivity contribution in [1.29, 1.82) is 0 Å². The second-order valence-corrected chi connectivity index (χ2v) is 7.08. The Morgan fingerprint density at radius 2 is 2.00 bits per heavy atom. The largest absolute Gasteiger partial charge is 0.478 e. The molecule has 1 aromatic heterocycles. The van der Waals surface area contributed by atoms with Crippen LogP contribution in [-0.2, 0) is 9.84 Å². The number of imidazole rings is 1. The number of thioether (sulfide) groups is 1. The molecule has 0 atom stereocenters. The molecule has 1 aromatic carbocycles. The highest BCUT2D eigenvalue weighted by Crippen LogP contribution is 2.17. The minimum atomic E-state index is -3.41. The first-order valence-electron chi connectivity index (χ1n) is 5.67. The normalized spacial score (nSPS) is 11.4. The van der Waals surface area contributed by atoms with Gasteiger partial charge in [-0.2, -0.15) is 0 Å². The van der Waals surface area contributed by atoms with Crippen molar-refractivity contribution in [2.75, 3.05) is 11.5 Å². The molecule has 8 heteroatoms. The maximum absolute atomic E-state index is 12.1. The number of rotatable bonds is 6.